The van der Waals surface area contributed by atoms with E-state index in [-0.39, 0.29) is 5.69 Å². The number of benzene rings is 1. The minimum atomic E-state index is -0.474. The molecule has 0 amide bonds. The predicted molar refractivity (Wildman–Crippen MR) is 52.3 cm³/mol. The molecule has 0 bridgehead atoms. The fourth-order valence-electron chi connectivity index (χ4n) is 1.27. The van der Waals surface area contributed by atoms with Crippen LogP contribution in [0.15, 0.2) is 12.1 Å². The lowest BCUT2D eigenvalue weighted by molar-refractivity contribution is -0.385. The van der Waals surface area contributed by atoms with Crippen molar-refractivity contribution in [1.29, 1.82) is 0 Å². The Labute approximate surface area is 80.5 Å². The minimum Gasteiger partial charge on any atom is -0.498 e. The Morgan fingerprint density at radius 3 is 2.21 bits per heavy atom. The second-order valence-corrected chi connectivity index (χ2v) is 2.91. The van der Waals surface area contributed by atoms with E-state index in [0.29, 0.717) is 16.7 Å². The summed E-state index contributed by atoms with van der Waals surface area (Å²) in [6.07, 6.45) is 0. The van der Waals surface area contributed by atoms with Gasteiger partial charge in [-0.3, -0.25) is 10.1 Å². The molecule has 5 nitrogen and oxygen atoms in total. The van der Waals surface area contributed by atoms with Crippen molar-refractivity contribution >= 4 is 5.69 Å². The highest BCUT2D eigenvalue weighted by atomic mass is 16.6. The van der Waals surface area contributed by atoms with E-state index >= 15 is 0 Å². The SMILES string of the molecule is Cc1cc([N+](=O)[O-])cc(C)c1C#[N+][O-]. The van der Waals surface area contributed by atoms with E-state index in [4.69, 9.17) is 0 Å². The molecule has 0 radical (unpaired) electrons. The van der Waals surface area contributed by atoms with Crippen LogP contribution in [0.5, 0.6) is 0 Å². The highest BCUT2D eigenvalue weighted by Gasteiger charge is 2.13. The van der Waals surface area contributed by atoms with Crippen LogP contribution in [-0.2, 0) is 0 Å². The van der Waals surface area contributed by atoms with Gasteiger partial charge in [0.1, 0.15) is 5.56 Å². The molecule has 0 aliphatic heterocycles. The Kier molecular flexibility index (Phi) is 2.67. The Hall–Kier alpha value is -2.09. The average Bonchev–Trinajstić information content (AvgIpc) is 2.10. The van der Waals surface area contributed by atoms with Crippen molar-refractivity contribution in [3.63, 3.8) is 0 Å². The van der Waals surface area contributed by atoms with Crippen LogP contribution >= 0.6 is 0 Å². The molecular weight excluding hydrogens is 184 g/mol. The Bertz CT molecular complexity index is 420. The van der Waals surface area contributed by atoms with Crippen LogP contribution in [0.4, 0.5) is 5.69 Å². The Balaban J connectivity index is 3.37. The molecule has 0 aromatic heterocycles. The summed E-state index contributed by atoms with van der Waals surface area (Å²) in [7, 11) is 0. The molecule has 0 saturated heterocycles. The molecule has 0 aliphatic rings. The fourth-order valence-corrected chi connectivity index (χ4v) is 1.27. The second-order valence-electron chi connectivity index (χ2n) is 2.91. The van der Waals surface area contributed by atoms with Gasteiger partial charge in [0.05, 0.1) is 4.92 Å². The number of hydrogen-bond donors (Lipinski definition) is 0. The molecule has 1 aromatic carbocycles. The quantitative estimate of drug-likeness (QED) is 0.506. The van der Waals surface area contributed by atoms with E-state index in [1.165, 1.54) is 12.1 Å². The number of hydrogen-bond acceptors (Lipinski definition) is 3. The second kappa shape index (κ2) is 3.75. The zero-order valence-electron chi connectivity index (χ0n) is 7.77. The van der Waals surface area contributed by atoms with E-state index in [0.717, 1.165) is 0 Å². The van der Waals surface area contributed by atoms with Gasteiger partial charge in [0.25, 0.3) is 5.69 Å². The smallest absolute Gasteiger partial charge is 0.337 e. The molecule has 0 aliphatic carbocycles. The van der Waals surface area contributed by atoms with Crippen molar-refractivity contribution in [1.82, 2.24) is 0 Å². The van der Waals surface area contributed by atoms with E-state index in [1.54, 1.807) is 13.8 Å². The van der Waals surface area contributed by atoms with Crippen LogP contribution in [-0.4, -0.2) is 4.92 Å². The average molecular weight is 192 g/mol. The van der Waals surface area contributed by atoms with Gasteiger partial charge < -0.3 is 5.21 Å². The van der Waals surface area contributed by atoms with E-state index in [9.17, 15) is 15.3 Å². The van der Waals surface area contributed by atoms with Crippen LogP contribution in [0.2, 0.25) is 0 Å². The zero-order valence-corrected chi connectivity index (χ0v) is 7.77. The first-order chi connectivity index (χ1) is 6.56. The molecule has 0 N–H and O–H groups in total. The molecule has 0 spiro atoms. The van der Waals surface area contributed by atoms with Gasteiger partial charge in [0.15, 0.2) is 0 Å². The maximum Gasteiger partial charge on any atom is 0.337 e. The molecule has 0 saturated carbocycles. The van der Waals surface area contributed by atoms with Gasteiger partial charge in [-0.2, -0.15) is 0 Å². The van der Waals surface area contributed by atoms with Crippen molar-refractivity contribution in [2.45, 2.75) is 13.8 Å². The number of nitro groups is 1. The first kappa shape index (κ1) is 9.99. The third-order valence-electron chi connectivity index (χ3n) is 1.89. The van der Waals surface area contributed by atoms with Crippen LogP contribution in [0.25, 0.3) is 5.01 Å². The monoisotopic (exact) mass is 192 g/mol. The highest BCUT2D eigenvalue weighted by Crippen LogP contribution is 2.20. The molecule has 1 aromatic rings. The molecule has 0 heterocycles. The van der Waals surface area contributed by atoms with Gasteiger partial charge in [-0.1, -0.05) is 0 Å². The number of non-ortho nitro benzene ring substituents is 1. The predicted octanol–water partition coefficient (Wildman–Crippen LogP) is 2.39. The van der Waals surface area contributed by atoms with E-state index < -0.39 is 4.92 Å². The van der Waals surface area contributed by atoms with Crippen molar-refractivity contribution in [3.05, 3.63) is 49.2 Å². The van der Waals surface area contributed by atoms with Crippen molar-refractivity contribution in [2.75, 3.05) is 0 Å². The number of nitro benzene ring substituents is 1. The molecule has 14 heavy (non-hydrogen) atoms. The summed E-state index contributed by atoms with van der Waals surface area (Å²) in [5, 5.41) is 23.0. The maximum absolute atomic E-state index is 10.5. The highest BCUT2D eigenvalue weighted by molar-refractivity contribution is 5.51. The first-order valence-corrected chi connectivity index (χ1v) is 3.90. The van der Waals surface area contributed by atoms with E-state index in [2.05, 4.69) is 11.1 Å². The number of aryl methyl sites for hydroxylation is 2. The molecule has 1 rings (SSSR count). The minimum absolute atomic E-state index is 0.0106. The summed E-state index contributed by atoms with van der Waals surface area (Å²) < 4.78 is 0. The third kappa shape index (κ3) is 1.80. The van der Waals surface area contributed by atoms with Gasteiger partial charge in [0.2, 0.25) is 0 Å². The van der Waals surface area contributed by atoms with Crippen molar-refractivity contribution < 1.29 is 4.92 Å². The topological polar surface area (TPSA) is 70.6 Å². The van der Waals surface area contributed by atoms with Crippen LogP contribution in [0, 0.1) is 35.2 Å². The Morgan fingerprint density at radius 1 is 1.36 bits per heavy atom. The van der Waals surface area contributed by atoms with Gasteiger partial charge in [-0.15, -0.1) is 0 Å². The van der Waals surface area contributed by atoms with E-state index in [1.807, 2.05) is 0 Å². The maximum atomic E-state index is 10.5. The lowest BCUT2D eigenvalue weighted by Crippen LogP contribution is -1.93. The van der Waals surface area contributed by atoms with Gasteiger partial charge in [-0.05, 0) is 25.0 Å². The van der Waals surface area contributed by atoms with Crippen LogP contribution in [0.1, 0.15) is 16.7 Å². The summed E-state index contributed by atoms with van der Waals surface area (Å²) in [5.74, 6) is 0. The summed E-state index contributed by atoms with van der Waals surface area (Å²) in [6.45, 7) is 3.35. The van der Waals surface area contributed by atoms with Gasteiger partial charge >= 0.3 is 6.07 Å². The fraction of sp³-hybridized carbons (Fsp3) is 0.222. The molecular formula is C9H8N2O3. The third-order valence-corrected chi connectivity index (χ3v) is 1.89. The zero-order chi connectivity index (χ0) is 10.7. The summed E-state index contributed by atoms with van der Waals surface area (Å²) in [4.78, 5) is 10.0. The Morgan fingerprint density at radius 2 is 1.86 bits per heavy atom. The molecule has 72 valence electrons. The van der Waals surface area contributed by atoms with Crippen molar-refractivity contribution in [3.8, 4) is 6.07 Å². The van der Waals surface area contributed by atoms with Gasteiger partial charge in [0, 0.05) is 17.1 Å². The molecule has 0 fully saturated rings. The summed E-state index contributed by atoms with van der Waals surface area (Å²) in [5.41, 5.74) is 1.77. The molecule has 0 unspecified atom stereocenters. The van der Waals surface area contributed by atoms with Gasteiger partial charge in [-0.25, -0.2) is 0 Å². The van der Waals surface area contributed by atoms with Crippen molar-refractivity contribution in [2.24, 2.45) is 0 Å². The largest absolute Gasteiger partial charge is 0.498 e. The summed E-state index contributed by atoms with van der Waals surface area (Å²) in [6, 6.07) is 5.04. The lowest BCUT2D eigenvalue weighted by atomic mass is 10.0. The first-order valence-electron chi connectivity index (χ1n) is 3.90. The number of nitrogens with zero attached hydrogens (tertiary/aromatic N) is 2. The van der Waals surface area contributed by atoms with Crippen LogP contribution in [0.3, 0.4) is 0 Å². The normalized spacial score (nSPS) is 9.00. The number of rotatable bonds is 1. The molecule has 0 atom stereocenters. The summed E-state index contributed by atoms with van der Waals surface area (Å²) >= 11 is 0. The lowest BCUT2D eigenvalue weighted by Gasteiger charge is -1.99. The standard InChI is InChI=1S/C9H8N2O3/c1-6-3-8(11(13)14)4-7(2)9(6)5-10-12/h3-4H,1-2H3. The molecule has 5 heteroatoms. The van der Waals surface area contributed by atoms with Crippen LogP contribution < -0.4 is 0 Å².